The van der Waals surface area contributed by atoms with Gasteiger partial charge in [-0.15, -0.1) is 0 Å². The summed E-state index contributed by atoms with van der Waals surface area (Å²) >= 11 is 2.69. The summed E-state index contributed by atoms with van der Waals surface area (Å²) in [4.78, 5) is 55.3. The molecule has 212 valence electrons. The van der Waals surface area contributed by atoms with Gasteiger partial charge in [0.1, 0.15) is 0 Å². The third-order valence-corrected chi connectivity index (χ3v) is 9.53. The Balaban J connectivity index is 1.40. The fourth-order valence-electron chi connectivity index (χ4n) is 5.49. The van der Waals surface area contributed by atoms with Crippen molar-refractivity contribution in [1.82, 2.24) is 15.1 Å². The van der Waals surface area contributed by atoms with Crippen molar-refractivity contribution in [3.05, 3.63) is 71.3 Å². The van der Waals surface area contributed by atoms with Crippen molar-refractivity contribution >= 4 is 46.4 Å². The second kappa shape index (κ2) is 13.2. The highest BCUT2D eigenvalue weighted by molar-refractivity contribution is 8.15. The molecule has 2 saturated heterocycles. The number of carboxylic acids is 1. The SMILES string of the molecule is O=C(S[C@H](CCc1ccccc1)N[C@@H]1Cc2ccccc2[C@@H]2COC[C@H](C(=O)O)N2C1=O)C(=O)N1CCSCC1. The maximum absolute atomic E-state index is 14.0. The molecule has 2 amide bonds. The van der Waals surface area contributed by atoms with Gasteiger partial charge in [-0.2, -0.15) is 11.8 Å². The molecular formula is C29H33N3O6S2. The summed E-state index contributed by atoms with van der Waals surface area (Å²) in [6.07, 6.45) is 1.48. The van der Waals surface area contributed by atoms with Crippen LogP contribution in [0.3, 0.4) is 0 Å². The summed E-state index contributed by atoms with van der Waals surface area (Å²) in [6.45, 7) is 1.22. The number of ether oxygens (including phenoxy) is 1. The van der Waals surface area contributed by atoms with Gasteiger partial charge in [0.25, 0.3) is 5.12 Å². The molecule has 11 heteroatoms. The number of carbonyl (C=O) groups excluding carboxylic acids is 3. The largest absolute Gasteiger partial charge is 0.480 e. The Morgan fingerprint density at radius 2 is 1.77 bits per heavy atom. The second-order valence-electron chi connectivity index (χ2n) is 10.1. The number of benzene rings is 2. The van der Waals surface area contributed by atoms with Crippen molar-refractivity contribution < 1.29 is 29.0 Å². The van der Waals surface area contributed by atoms with Crippen molar-refractivity contribution in [2.45, 2.75) is 42.8 Å². The Bertz CT molecular complexity index is 1240. The molecule has 2 aromatic rings. The minimum atomic E-state index is -1.12. The predicted octanol–water partition coefficient (Wildman–Crippen LogP) is 2.35. The number of rotatable bonds is 7. The van der Waals surface area contributed by atoms with Crippen molar-refractivity contribution in [3.8, 4) is 0 Å². The molecule has 3 aliphatic heterocycles. The number of fused-ring (bicyclic) bond motifs is 3. The molecule has 0 bridgehead atoms. The van der Waals surface area contributed by atoms with E-state index in [2.05, 4.69) is 5.32 Å². The van der Waals surface area contributed by atoms with Gasteiger partial charge in [0.05, 0.1) is 30.7 Å². The lowest BCUT2D eigenvalue weighted by Crippen LogP contribution is -2.58. The van der Waals surface area contributed by atoms with E-state index in [0.29, 0.717) is 32.4 Å². The first kappa shape index (κ1) is 28.7. The highest BCUT2D eigenvalue weighted by Gasteiger charge is 2.45. The minimum absolute atomic E-state index is 0.0836. The van der Waals surface area contributed by atoms with Crippen molar-refractivity contribution in [3.63, 3.8) is 0 Å². The van der Waals surface area contributed by atoms with E-state index in [1.807, 2.05) is 54.6 Å². The molecule has 5 rings (SSSR count). The number of carboxylic acid groups (broad SMARTS) is 1. The Kier molecular flexibility index (Phi) is 9.46. The molecule has 3 aliphatic rings. The van der Waals surface area contributed by atoms with E-state index in [0.717, 1.165) is 40.0 Å². The van der Waals surface area contributed by atoms with Gasteiger partial charge < -0.3 is 19.6 Å². The summed E-state index contributed by atoms with van der Waals surface area (Å²) in [5.41, 5.74) is 2.88. The molecule has 2 N–H and O–H groups in total. The van der Waals surface area contributed by atoms with E-state index >= 15 is 0 Å². The molecule has 0 spiro atoms. The molecule has 0 aliphatic carbocycles. The lowest BCUT2D eigenvalue weighted by molar-refractivity contribution is -0.164. The first-order valence-corrected chi connectivity index (χ1v) is 15.5. The molecule has 2 aromatic carbocycles. The highest BCUT2D eigenvalue weighted by Crippen LogP contribution is 2.35. The number of hydrogen-bond acceptors (Lipinski definition) is 8. The van der Waals surface area contributed by atoms with E-state index in [-0.39, 0.29) is 19.1 Å². The summed E-state index contributed by atoms with van der Waals surface area (Å²) < 4.78 is 5.63. The summed E-state index contributed by atoms with van der Waals surface area (Å²) in [6, 6.07) is 15.1. The quantitative estimate of drug-likeness (QED) is 0.374. The fraction of sp³-hybridized carbons (Fsp3) is 0.448. The first-order valence-electron chi connectivity index (χ1n) is 13.5. The number of carbonyl (C=O) groups is 4. The van der Waals surface area contributed by atoms with Gasteiger partial charge in [0.2, 0.25) is 5.91 Å². The normalized spacial score (nSPS) is 23.5. The van der Waals surface area contributed by atoms with E-state index in [4.69, 9.17) is 4.74 Å². The Morgan fingerprint density at radius 1 is 1.05 bits per heavy atom. The standard InChI is InChI=1S/C29H33N3O6S2/c33-26-22(16-20-8-4-5-9-21(20)23-17-38-18-24(28(35)36)32(23)26)30-25(11-10-19-6-2-1-3-7-19)40-29(37)27(34)31-12-14-39-15-13-31/h1-9,22-25,30H,10-18H2,(H,35,36)/t22-,23+,24-,25-/m1/s1. The Labute approximate surface area is 242 Å². The van der Waals surface area contributed by atoms with Gasteiger partial charge in [-0.3, -0.25) is 19.7 Å². The zero-order valence-electron chi connectivity index (χ0n) is 22.1. The smallest absolute Gasteiger partial charge is 0.328 e. The average molecular weight is 584 g/mol. The van der Waals surface area contributed by atoms with Crippen LogP contribution >= 0.6 is 23.5 Å². The van der Waals surface area contributed by atoms with E-state index in [9.17, 15) is 24.3 Å². The van der Waals surface area contributed by atoms with Crippen LogP contribution in [0.15, 0.2) is 54.6 Å². The van der Waals surface area contributed by atoms with Crippen LogP contribution in [0.1, 0.15) is 29.2 Å². The topological polar surface area (TPSA) is 116 Å². The second-order valence-corrected chi connectivity index (χ2v) is 12.5. The monoisotopic (exact) mass is 583 g/mol. The summed E-state index contributed by atoms with van der Waals surface area (Å²) in [7, 11) is 0. The molecule has 2 fully saturated rings. The summed E-state index contributed by atoms with van der Waals surface area (Å²) in [5, 5.41) is 12.2. The van der Waals surface area contributed by atoms with Crippen LogP contribution in [0.2, 0.25) is 0 Å². The van der Waals surface area contributed by atoms with Crippen LogP contribution in [0.4, 0.5) is 0 Å². The van der Waals surface area contributed by atoms with Gasteiger partial charge in [-0.1, -0.05) is 66.4 Å². The number of nitrogens with zero attached hydrogens (tertiary/aromatic N) is 2. The third-order valence-electron chi connectivity index (χ3n) is 7.55. The maximum Gasteiger partial charge on any atom is 0.328 e. The molecule has 0 radical (unpaired) electrons. The van der Waals surface area contributed by atoms with Crippen LogP contribution in [0.5, 0.6) is 0 Å². The Morgan fingerprint density at radius 3 is 2.52 bits per heavy atom. The Hall–Kier alpha value is -2.86. The van der Waals surface area contributed by atoms with Gasteiger partial charge in [-0.05, 0) is 36.0 Å². The van der Waals surface area contributed by atoms with E-state index in [1.54, 1.807) is 16.7 Å². The van der Waals surface area contributed by atoms with Gasteiger partial charge in [0.15, 0.2) is 6.04 Å². The zero-order chi connectivity index (χ0) is 28.1. The fourth-order valence-corrected chi connectivity index (χ4v) is 7.35. The minimum Gasteiger partial charge on any atom is -0.480 e. The van der Waals surface area contributed by atoms with Crippen molar-refractivity contribution in [2.24, 2.45) is 0 Å². The summed E-state index contributed by atoms with van der Waals surface area (Å²) in [5.74, 6) is -0.351. The number of nitrogens with one attached hydrogen (secondary N) is 1. The van der Waals surface area contributed by atoms with Crippen molar-refractivity contribution in [1.29, 1.82) is 0 Å². The number of aliphatic carboxylic acids is 1. The zero-order valence-corrected chi connectivity index (χ0v) is 23.7. The van der Waals surface area contributed by atoms with E-state index < -0.39 is 40.5 Å². The van der Waals surface area contributed by atoms with Gasteiger partial charge in [0, 0.05) is 24.6 Å². The molecule has 0 saturated carbocycles. The molecule has 40 heavy (non-hydrogen) atoms. The van der Waals surface area contributed by atoms with Gasteiger partial charge in [-0.25, -0.2) is 4.79 Å². The molecular weight excluding hydrogens is 550 g/mol. The van der Waals surface area contributed by atoms with Crippen LogP contribution in [0, 0.1) is 0 Å². The first-order chi connectivity index (χ1) is 19.4. The predicted molar refractivity (Wildman–Crippen MR) is 154 cm³/mol. The molecule has 0 unspecified atom stereocenters. The number of hydrogen-bond donors (Lipinski definition) is 2. The third kappa shape index (κ3) is 6.54. The van der Waals surface area contributed by atoms with Crippen LogP contribution in [0.25, 0.3) is 0 Å². The molecule has 0 aromatic heterocycles. The number of morpholine rings is 1. The number of aryl methyl sites for hydroxylation is 1. The lowest BCUT2D eigenvalue weighted by Gasteiger charge is -2.40. The molecule has 4 atom stereocenters. The van der Waals surface area contributed by atoms with Crippen LogP contribution in [-0.2, 0) is 36.8 Å². The highest BCUT2D eigenvalue weighted by atomic mass is 32.2. The molecule has 9 nitrogen and oxygen atoms in total. The number of thioether (sulfide) groups is 2. The average Bonchev–Trinajstić information content (AvgIpc) is 3.10. The van der Waals surface area contributed by atoms with Gasteiger partial charge >= 0.3 is 11.9 Å². The maximum atomic E-state index is 14.0. The lowest BCUT2D eigenvalue weighted by atomic mass is 9.97. The number of amides is 2. The van der Waals surface area contributed by atoms with Crippen molar-refractivity contribution in [2.75, 3.05) is 37.8 Å². The molecule has 3 heterocycles. The van der Waals surface area contributed by atoms with E-state index in [1.165, 1.54) is 4.90 Å². The van der Waals surface area contributed by atoms with Crippen LogP contribution < -0.4 is 5.32 Å². The van der Waals surface area contributed by atoms with Crippen LogP contribution in [-0.4, -0.2) is 93.1 Å².